The summed E-state index contributed by atoms with van der Waals surface area (Å²) in [5, 5.41) is 3.27. The van der Waals surface area contributed by atoms with Crippen molar-refractivity contribution in [1.82, 2.24) is 0 Å². The molecule has 1 aromatic carbocycles. The van der Waals surface area contributed by atoms with E-state index in [1.165, 1.54) is 11.6 Å². The standard InChI is InChI=1S/C18H27NO2/c1-6-12-21-17(20)13-15(7-2)19-16-10-8-14(9-11-16)18(3,4)5/h8-11,13,19H,6-7,12H2,1-5H3. The smallest absolute Gasteiger partial charge is 0.332 e. The molecule has 0 atom stereocenters. The molecular weight excluding hydrogens is 262 g/mol. The van der Waals surface area contributed by atoms with Crippen LogP contribution in [0.3, 0.4) is 0 Å². The lowest BCUT2D eigenvalue weighted by Crippen LogP contribution is -2.11. The highest BCUT2D eigenvalue weighted by Crippen LogP contribution is 2.24. The van der Waals surface area contributed by atoms with E-state index in [9.17, 15) is 4.79 Å². The van der Waals surface area contributed by atoms with E-state index in [1.54, 1.807) is 0 Å². The van der Waals surface area contributed by atoms with Crippen molar-refractivity contribution in [3.8, 4) is 0 Å². The molecule has 0 unspecified atom stereocenters. The van der Waals surface area contributed by atoms with Crippen LogP contribution in [0.5, 0.6) is 0 Å². The third-order valence-electron chi connectivity index (χ3n) is 3.18. The summed E-state index contributed by atoms with van der Waals surface area (Å²) in [6, 6.07) is 8.32. The number of hydrogen-bond acceptors (Lipinski definition) is 3. The fourth-order valence-electron chi connectivity index (χ4n) is 1.85. The Balaban J connectivity index is 2.73. The maximum Gasteiger partial charge on any atom is 0.332 e. The molecule has 1 N–H and O–H groups in total. The van der Waals surface area contributed by atoms with Gasteiger partial charge < -0.3 is 10.1 Å². The van der Waals surface area contributed by atoms with Gasteiger partial charge in [-0.3, -0.25) is 0 Å². The van der Waals surface area contributed by atoms with Gasteiger partial charge >= 0.3 is 5.97 Å². The Bertz CT molecular complexity index is 481. The fourth-order valence-corrected chi connectivity index (χ4v) is 1.85. The summed E-state index contributed by atoms with van der Waals surface area (Å²) in [7, 11) is 0. The lowest BCUT2D eigenvalue weighted by molar-refractivity contribution is -0.137. The van der Waals surface area contributed by atoms with Crippen LogP contribution in [0.1, 0.15) is 53.0 Å². The highest BCUT2D eigenvalue weighted by Gasteiger charge is 2.12. The molecule has 3 heteroatoms. The summed E-state index contributed by atoms with van der Waals surface area (Å²) in [5.74, 6) is -0.285. The van der Waals surface area contributed by atoms with Crippen LogP contribution in [0.15, 0.2) is 36.0 Å². The molecular formula is C18H27NO2. The lowest BCUT2D eigenvalue weighted by atomic mass is 9.87. The van der Waals surface area contributed by atoms with Gasteiger partial charge in [0.25, 0.3) is 0 Å². The first kappa shape index (κ1) is 17.3. The van der Waals surface area contributed by atoms with Gasteiger partial charge in [0.2, 0.25) is 0 Å². The molecule has 0 amide bonds. The van der Waals surface area contributed by atoms with E-state index in [2.05, 4.69) is 38.2 Å². The molecule has 0 fully saturated rings. The van der Waals surface area contributed by atoms with Crippen molar-refractivity contribution in [2.45, 2.75) is 52.9 Å². The van der Waals surface area contributed by atoms with E-state index in [-0.39, 0.29) is 11.4 Å². The molecule has 0 saturated carbocycles. The minimum Gasteiger partial charge on any atom is -0.462 e. The molecule has 0 aliphatic carbocycles. The predicted octanol–water partition coefficient (Wildman–Crippen LogP) is 4.64. The predicted molar refractivity (Wildman–Crippen MR) is 88.4 cm³/mol. The number of nitrogens with one attached hydrogen (secondary N) is 1. The summed E-state index contributed by atoms with van der Waals surface area (Å²) in [4.78, 5) is 11.6. The number of benzene rings is 1. The maximum atomic E-state index is 11.6. The molecule has 21 heavy (non-hydrogen) atoms. The monoisotopic (exact) mass is 289 g/mol. The van der Waals surface area contributed by atoms with Gasteiger partial charge in [-0.05, 0) is 36.0 Å². The van der Waals surface area contributed by atoms with Crippen LogP contribution in [0.25, 0.3) is 0 Å². The quantitative estimate of drug-likeness (QED) is 0.612. The second-order valence-corrected chi connectivity index (χ2v) is 6.14. The number of esters is 1. The highest BCUT2D eigenvalue weighted by molar-refractivity contribution is 5.83. The number of allylic oxidation sites excluding steroid dienone is 1. The summed E-state index contributed by atoms with van der Waals surface area (Å²) < 4.78 is 5.07. The van der Waals surface area contributed by atoms with Gasteiger partial charge in [-0.25, -0.2) is 4.79 Å². The molecule has 3 nitrogen and oxygen atoms in total. The van der Waals surface area contributed by atoms with Crippen molar-refractivity contribution in [3.05, 3.63) is 41.6 Å². The van der Waals surface area contributed by atoms with Gasteiger partial charge in [0, 0.05) is 17.5 Å². The zero-order valence-corrected chi connectivity index (χ0v) is 13.8. The van der Waals surface area contributed by atoms with Gasteiger partial charge in [-0.2, -0.15) is 0 Å². The summed E-state index contributed by atoms with van der Waals surface area (Å²) in [6.45, 7) is 11.0. The Kier molecular flexibility index (Phi) is 6.47. The molecule has 0 radical (unpaired) electrons. The normalized spacial score (nSPS) is 12.1. The first-order valence-electron chi connectivity index (χ1n) is 7.61. The average molecular weight is 289 g/mol. The fraction of sp³-hybridized carbons (Fsp3) is 0.500. The maximum absolute atomic E-state index is 11.6. The number of carbonyl (C=O) groups excluding carboxylic acids is 1. The molecule has 0 aromatic heterocycles. The number of hydrogen-bond donors (Lipinski definition) is 1. The largest absolute Gasteiger partial charge is 0.462 e. The minimum atomic E-state index is -0.285. The summed E-state index contributed by atoms with van der Waals surface area (Å²) in [5.41, 5.74) is 3.28. The third kappa shape index (κ3) is 6.03. The van der Waals surface area contributed by atoms with Gasteiger partial charge in [0.15, 0.2) is 0 Å². The van der Waals surface area contributed by atoms with Gasteiger partial charge in [0.05, 0.1) is 6.61 Å². The molecule has 0 bridgehead atoms. The second kappa shape index (κ2) is 7.87. The van der Waals surface area contributed by atoms with Crippen molar-refractivity contribution in [2.24, 2.45) is 0 Å². The topological polar surface area (TPSA) is 38.3 Å². The molecule has 1 rings (SSSR count). The van der Waals surface area contributed by atoms with Crippen molar-refractivity contribution in [1.29, 1.82) is 0 Å². The number of carbonyl (C=O) groups is 1. The molecule has 0 aliphatic rings. The van der Waals surface area contributed by atoms with Crippen LogP contribution in [-0.2, 0) is 14.9 Å². The SMILES string of the molecule is CCCOC(=O)C=C(CC)Nc1ccc(C(C)(C)C)cc1. The van der Waals surface area contributed by atoms with Crippen molar-refractivity contribution < 1.29 is 9.53 Å². The van der Waals surface area contributed by atoms with E-state index in [4.69, 9.17) is 4.74 Å². The van der Waals surface area contributed by atoms with Crippen LogP contribution in [0, 0.1) is 0 Å². The zero-order chi connectivity index (χ0) is 15.9. The van der Waals surface area contributed by atoms with E-state index in [1.807, 2.05) is 26.0 Å². The van der Waals surface area contributed by atoms with Crippen LogP contribution in [0.4, 0.5) is 5.69 Å². The van der Waals surface area contributed by atoms with Gasteiger partial charge in [-0.15, -0.1) is 0 Å². The Morgan fingerprint density at radius 2 is 1.81 bits per heavy atom. The molecule has 1 aromatic rings. The molecule has 116 valence electrons. The summed E-state index contributed by atoms with van der Waals surface area (Å²) in [6.07, 6.45) is 3.12. The lowest BCUT2D eigenvalue weighted by Gasteiger charge is -2.19. The van der Waals surface area contributed by atoms with Crippen LogP contribution < -0.4 is 5.32 Å². The second-order valence-electron chi connectivity index (χ2n) is 6.14. The van der Waals surface area contributed by atoms with Crippen molar-refractivity contribution >= 4 is 11.7 Å². The highest BCUT2D eigenvalue weighted by atomic mass is 16.5. The minimum absolute atomic E-state index is 0.145. The number of rotatable bonds is 6. The van der Waals surface area contributed by atoms with Gasteiger partial charge in [0.1, 0.15) is 0 Å². The molecule has 0 saturated heterocycles. The molecule has 0 aliphatic heterocycles. The number of ether oxygens (including phenoxy) is 1. The Hall–Kier alpha value is -1.77. The first-order valence-corrected chi connectivity index (χ1v) is 7.61. The first-order chi connectivity index (χ1) is 9.86. The molecule has 0 heterocycles. The van der Waals surface area contributed by atoms with E-state index in [0.29, 0.717) is 6.61 Å². The van der Waals surface area contributed by atoms with Crippen molar-refractivity contribution in [2.75, 3.05) is 11.9 Å². The van der Waals surface area contributed by atoms with Crippen LogP contribution in [-0.4, -0.2) is 12.6 Å². The third-order valence-corrected chi connectivity index (χ3v) is 3.18. The Morgan fingerprint density at radius 3 is 2.29 bits per heavy atom. The zero-order valence-electron chi connectivity index (χ0n) is 13.8. The number of anilines is 1. The van der Waals surface area contributed by atoms with E-state index in [0.717, 1.165) is 24.2 Å². The van der Waals surface area contributed by atoms with Crippen LogP contribution >= 0.6 is 0 Å². The van der Waals surface area contributed by atoms with Crippen molar-refractivity contribution in [3.63, 3.8) is 0 Å². The van der Waals surface area contributed by atoms with E-state index >= 15 is 0 Å². The molecule has 0 spiro atoms. The van der Waals surface area contributed by atoms with Gasteiger partial charge in [-0.1, -0.05) is 46.8 Å². The van der Waals surface area contributed by atoms with E-state index < -0.39 is 0 Å². The van der Waals surface area contributed by atoms with Crippen LogP contribution in [0.2, 0.25) is 0 Å². The Morgan fingerprint density at radius 1 is 1.19 bits per heavy atom. The summed E-state index contributed by atoms with van der Waals surface area (Å²) >= 11 is 0. The Labute approximate surface area is 128 Å². The average Bonchev–Trinajstić information content (AvgIpc) is 2.44.